The molecule has 0 heterocycles. The molecule has 0 radical (unpaired) electrons. The topological polar surface area (TPSA) is 12.0 Å². The molecule has 1 fully saturated rings. The maximum atomic E-state index is 13.3. The van der Waals surface area contributed by atoms with E-state index >= 15 is 0 Å². The Balaban J connectivity index is 2.41. The monoisotopic (exact) mass is 183 g/mol. The van der Waals surface area contributed by atoms with Crippen molar-refractivity contribution >= 4 is 0 Å². The molecule has 13 heavy (non-hydrogen) atoms. The van der Waals surface area contributed by atoms with Crippen LogP contribution in [0.1, 0.15) is 18.4 Å². The molecule has 0 unspecified atom stereocenters. The minimum Gasteiger partial charge on any atom is -0.310 e. The Hall–Kier alpha value is -0.960. The molecule has 1 aliphatic carbocycles. The lowest BCUT2D eigenvalue weighted by molar-refractivity contribution is 0.514. The van der Waals surface area contributed by atoms with E-state index < -0.39 is 11.6 Å². The number of benzene rings is 1. The summed E-state index contributed by atoms with van der Waals surface area (Å²) in [5, 5.41) is 3.07. The van der Waals surface area contributed by atoms with E-state index in [4.69, 9.17) is 0 Å². The maximum Gasteiger partial charge on any atom is 0.131 e. The molecular weight excluding hydrogens is 172 g/mol. The van der Waals surface area contributed by atoms with Gasteiger partial charge in [-0.05, 0) is 26.0 Å². The van der Waals surface area contributed by atoms with Crippen LogP contribution in [-0.2, 0) is 5.54 Å². The second-order valence-electron chi connectivity index (χ2n) is 3.46. The lowest BCUT2D eigenvalue weighted by Crippen LogP contribution is -2.25. The molecule has 0 aromatic heterocycles. The fourth-order valence-electron chi connectivity index (χ4n) is 1.66. The number of hydrogen-bond donors (Lipinski definition) is 1. The SMILES string of the molecule is CNC1(c2ccc(F)cc2F)CC1. The predicted molar refractivity (Wildman–Crippen MR) is 46.3 cm³/mol. The summed E-state index contributed by atoms with van der Waals surface area (Å²) in [6, 6.07) is 3.76. The molecule has 0 aliphatic heterocycles. The minimum atomic E-state index is -0.520. The summed E-state index contributed by atoms with van der Waals surface area (Å²) in [5.41, 5.74) is 0.356. The van der Waals surface area contributed by atoms with Crippen LogP contribution in [0.3, 0.4) is 0 Å². The molecule has 2 rings (SSSR count). The summed E-state index contributed by atoms with van der Waals surface area (Å²) >= 11 is 0. The van der Waals surface area contributed by atoms with Gasteiger partial charge in [-0.2, -0.15) is 0 Å². The van der Waals surface area contributed by atoms with Crippen LogP contribution >= 0.6 is 0 Å². The van der Waals surface area contributed by atoms with Crippen LogP contribution < -0.4 is 5.32 Å². The normalized spacial score (nSPS) is 18.7. The van der Waals surface area contributed by atoms with Crippen molar-refractivity contribution in [3.05, 3.63) is 35.4 Å². The van der Waals surface area contributed by atoms with Crippen LogP contribution in [0.25, 0.3) is 0 Å². The number of rotatable bonds is 2. The zero-order chi connectivity index (χ0) is 9.47. The van der Waals surface area contributed by atoms with Crippen molar-refractivity contribution in [1.82, 2.24) is 5.32 Å². The molecule has 0 amide bonds. The first-order valence-corrected chi connectivity index (χ1v) is 4.32. The van der Waals surface area contributed by atoms with Gasteiger partial charge < -0.3 is 5.32 Å². The molecule has 1 saturated carbocycles. The van der Waals surface area contributed by atoms with Crippen molar-refractivity contribution in [3.63, 3.8) is 0 Å². The third kappa shape index (κ3) is 1.33. The van der Waals surface area contributed by atoms with Crippen molar-refractivity contribution in [3.8, 4) is 0 Å². The van der Waals surface area contributed by atoms with E-state index in [1.807, 2.05) is 0 Å². The number of halogens is 2. The fraction of sp³-hybridized carbons (Fsp3) is 0.400. The average molecular weight is 183 g/mol. The Kier molecular flexibility index (Phi) is 1.84. The molecule has 0 bridgehead atoms. The molecule has 1 N–H and O–H groups in total. The lowest BCUT2D eigenvalue weighted by Gasteiger charge is -2.14. The van der Waals surface area contributed by atoms with Gasteiger partial charge in [0.1, 0.15) is 11.6 Å². The molecule has 1 aliphatic rings. The van der Waals surface area contributed by atoms with Crippen molar-refractivity contribution < 1.29 is 8.78 Å². The van der Waals surface area contributed by atoms with Crippen molar-refractivity contribution in [2.24, 2.45) is 0 Å². The third-order valence-corrected chi connectivity index (χ3v) is 2.68. The van der Waals surface area contributed by atoms with Crippen LogP contribution in [0.15, 0.2) is 18.2 Å². The van der Waals surface area contributed by atoms with E-state index in [1.165, 1.54) is 12.1 Å². The van der Waals surface area contributed by atoms with Crippen LogP contribution in [0.4, 0.5) is 8.78 Å². The predicted octanol–water partition coefficient (Wildman–Crippen LogP) is 2.17. The highest BCUT2D eigenvalue weighted by Gasteiger charge is 2.44. The van der Waals surface area contributed by atoms with Gasteiger partial charge in [-0.15, -0.1) is 0 Å². The molecule has 0 spiro atoms. The largest absolute Gasteiger partial charge is 0.310 e. The van der Waals surface area contributed by atoms with Crippen molar-refractivity contribution in [1.29, 1.82) is 0 Å². The zero-order valence-electron chi connectivity index (χ0n) is 7.40. The van der Waals surface area contributed by atoms with Gasteiger partial charge in [0, 0.05) is 17.2 Å². The summed E-state index contributed by atoms with van der Waals surface area (Å²) in [5.74, 6) is -0.972. The Morgan fingerprint density at radius 3 is 2.46 bits per heavy atom. The van der Waals surface area contributed by atoms with Gasteiger partial charge in [-0.1, -0.05) is 6.07 Å². The standard InChI is InChI=1S/C10H11F2N/c1-13-10(4-5-10)8-3-2-7(11)6-9(8)12/h2-3,6,13H,4-5H2,1H3. The molecule has 1 nitrogen and oxygen atoms in total. The van der Waals surface area contributed by atoms with Gasteiger partial charge in [-0.25, -0.2) is 8.78 Å². The second kappa shape index (κ2) is 2.77. The summed E-state index contributed by atoms with van der Waals surface area (Å²) < 4.78 is 25.9. The molecule has 3 heteroatoms. The summed E-state index contributed by atoms with van der Waals surface area (Å²) in [4.78, 5) is 0. The smallest absolute Gasteiger partial charge is 0.131 e. The van der Waals surface area contributed by atoms with Gasteiger partial charge in [0.25, 0.3) is 0 Å². The number of nitrogens with one attached hydrogen (secondary N) is 1. The highest BCUT2D eigenvalue weighted by Crippen LogP contribution is 2.45. The van der Waals surface area contributed by atoms with Crippen LogP contribution in [0.2, 0.25) is 0 Å². The van der Waals surface area contributed by atoms with Crippen LogP contribution in [0.5, 0.6) is 0 Å². The van der Waals surface area contributed by atoms with Crippen LogP contribution in [0, 0.1) is 11.6 Å². The Labute approximate surface area is 75.8 Å². The molecule has 70 valence electrons. The van der Waals surface area contributed by atoms with Gasteiger partial charge in [0.15, 0.2) is 0 Å². The molecule has 1 aromatic carbocycles. The Morgan fingerprint density at radius 2 is 2.00 bits per heavy atom. The summed E-state index contributed by atoms with van der Waals surface area (Å²) in [6.45, 7) is 0. The van der Waals surface area contributed by atoms with E-state index in [0.717, 1.165) is 18.9 Å². The van der Waals surface area contributed by atoms with Gasteiger partial charge in [0.05, 0.1) is 0 Å². The zero-order valence-corrected chi connectivity index (χ0v) is 7.40. The van der Waals surface area contributed by atoms with Crippen molar-refractivity contribution in [2.45, 2.75) is 18.4 Å². The second-order valence-corrected chi connectivity index (χ2v) is 3.46. The first kappa shape index (κ1) is 8.63. The van der Waals surface area contributed by atoms with E-state index in [1.54, 1.807) is 7.05 Å². The molecule has 0 atom stereocenters. The molecule has 0 saturated heterocycles. The van der Waals surface area contributed by atoms with Crippen molar-refractivity contribution in [2.75, 3.05) is 7.05 Å². The Bertz CT molecular complexity index is 332. The summed E-state index contributed by atoms with van der Waals surface area (Å²) in [7, 11) is 1.80. The maximum absolute atomic E-state index is 13.3. The van der Waals surface area contributed by atoms with Crippen LogP contribution in [-0.4, -0.2) is 7.05 Å². The Morgan fingerprint density at radius 1 is 1.31 bits per heavy atom. The van der Waals surface area contributed by atoms with Gasteiger partial charge >= 0.3 is 0 Å². The average Bonchev–Trinajstić information content (AvgIpc) is 2.85. The quantitative estimate of drug-likeness (QED) is 0.741. The van der Waals surface area contributed by atoms with E-state index in [9.17, 15) is 8.78 Å². The summed E-state index contributed by atoms with van der Waals surface area (Å²) in [6.07, 6.45) is 1.85. The van der Waals surface area contributed by atoms with Gasteiger partial charge in [0.2, 0.25) is 0 Å². The molecular formula is C10H11F2N. The third-order valence-electron chi connectivity index (χ3n) is 2.68. The molecule has 1 aromatic rings. The van der Waals surface area contributed by atoms with E-state index in [0.29, 0.717) is 5.56 Å². The minimum absolute atomic E-state index is 0.224. The first-order valence-electron chi connectivity index (χ1n) is 4.32. The van der Waals surface area contributed by atoms with Gasteiger partial charge in [-0.3, -0.25) is 0 Å². The fourth-order valence-corrected chi connectivity index (χ4v) is 1.66. The van der Waals surface area contributed by atoms with E-state index in [2.05, 4.69) is 5.32 Å². The highest BCUT2D eigenvalue weighted by molar-refractivity contribution is 5.31. The lowest BCUT2D eigenvalue weighted by atomic mass is 10.0. The van der Waals surface area contributed by atoms with E-state index in [-0.39, 0.29) is 5.54 Å². The number of hydrogen-bond acceptors (Lipinski definition) is 1. The highest BCUT2D eigenvalue weighted by atomic mass is 19.1. The first-order chi connectivity index (χ1) is 6.18.